The second-order valence-electron chi connectivity index (χ2n) is 8.22. The molecule has 0 radical (unpaired) electrons. The van der Waals surface area contributed by atoms with E-state index >= 15 is 0 Å². The highest BCUT2D eigenvalue weighted by molar-refractivity contribution is 5.91. The summed E-state index contributed by atoms with van der Waals surface area (Å²) in [4.78, 5) is 14.7. The first kappa shape index (κ1) is 21.7. The molecular formula is C24H33N5O2. The number of nitrogens with one attached hydrogen (secondary N) is 2. The van der Waals surface area contributed by atoms with E-state index in [0.717, 1.165) is 79.5 Å². The van der Waals surface area contributed by atoms with Crippen molar-refractivity contribution in [3.05, 3.63) is 42.2 Å². The summed E-state index contributed by atoms with van der Waals surface area (Å²) in [5.41, 5.74) is 3.08. The third-order valence-corrected chi connectivity index (χ3v) is 6.38. The zero-order valence-electron chi connectivity index (χ0n) is 18.5. The Morgan fingerprint density at radius 3 is 2.58 bits per heavy atom. The van der Waals surface area contributed by atoms with Gasteiger partial charge in [-0.2, -0.15) is 0 Å². The molecule has 1 fully saturated rings. The van der Waals surface area contributed by atoms with E-state index in [-0.39, 0.29) is 0 Å². The van der Waals surface area contributed by atoms with E-state index in [4.69, 9.17) is 4.74 Å². The van der Waals surface area contributed by atoms with Gasteiger partial charge in [0.2, 0.25) is 0 Å². The molecule has 1 aromatic carbocycles. The minimum absolute atomic E-state index is 0.700. The Bertz CT molecular complexity index is 975. The molecule has 0 unspecified atom stereocenters. The minimum atomic E-state index is -0.761. The van der Waals surface area contributed by atoms with Crippen LogP contribution in [0.1, 0.15) is 38.7 Å². The van der Waals surface area contributed by atoms with Gasteiger partial charge in [-0.3, -0.25) is 4.90 Å². The van der Waals surface area contributed by atoms with Gasteiger partial charge in [-0.15, -0.1) is 0 Å². The van der Waals surface area contributed by atoms with Crippen LogP contribution in [0.25, 0.3) is 22.3 Å². The molecule has 0 saturated carbocycles. The molecule has 1 aliphatic rings. The lowest BCUT2D eigenvalue weighted by Crippen LogP contribution is -2.37. The van der Waals surface area contributed by atoms with Crippen LogP contribution in [0.15, 0.2) is 36.7 Å². The van der Waals surface area contributed by atoms with Crippen molar-refractivity contribution in [2.45, 2.75) is 38.7 Å². The molecule has 0 bridgehead atoms. The number of aliphatic hydroxyl groups is 1. The molecule has 2 aromatic heterocycles. The lowest BCUT2D eigenvalue weighted by atomic mass is 9.88. The number of fused-ring (bicyclic) bond motifs is 1. The second kappa shape index (κ2) is 9.77. The summed E-state index contributed by atoms with van der Waals surface area (Å²) in [5.74, 6) is 0.859. The van der Waals surface area contributed by atoms with Gasteiger partial charge in [-0.25, -0.2) is 9.97 Å². The first-order chi connectivity index (χ1) is 15.1. The van der Waals surface area contributed by atoms with Crippen molar-refractivity contribution >= 4 is 16.9 Å². The van der Waals surface area contributed by atoms with Crippen LogP contribution >= 0.6 is 0 Å². The fourth-order valence-electron chi connectivity index (χ4n) is 4.19. The number of nitrogens with zero attached hydrogens (tertiary/aromatic N) is 3. The quantitative estimate of drug-likeness (QED) is 0.454. The van der Waals surface area contributed by atoms with Crippen LogP contribution in [0.3, 0.4) is 0 Å². The Morgan fingerprint density at radius 1 is 1.13 bits per heavy atom. The molecule has 31 heavy (non-hydrogen) atoms. The normalized spacial score (nSPS) is 15.5. The van der Waals surface area contributed by atoms with Crippen LogP contribution in [0.4, 0.5) is 5.82 Å². The van der Waals surface area contributed by atoms with Gasteiger partial charge < -0.3 is 20.1 Å². The van der Waals surface area contributed by atoms with E-state index < -0.39 is 5.60 Å². The number of rotatable bonds is 9. The van der Waals surface area contributed by atoms with E-state index in [0.29, 0.717) is 12.8 Å². The summed E-state index contributed by atoms with van der Waals surface area (Å²) in [5, 5.41) is 15.2. The van der Waals surface area contributed by atoms with Gasteiger partial charge in [0, 0.05) is 25.3 Å². The van der Waals surface area contributed by atoms with Gasteiger partial charge in [-0.05, 0) is 43.0 Å². The predicted molar refractivity (Wildman–Crippen MR) is 124 cm³/mol. The summed E-state index contributed by atoms with van der Waals surface area (Å²) in [6, 6.07) is 10.2. The van der Waals surface area contributed by atoms with Crippen molar-refractivity contribution in [2.24, 2.45) is 0 Å². The maximum absolute atomic E-state index is 10.8. The Balaban J connectivity index is 1.44. The molecule has 1 saturated heterocycles. The summed E-state index contributed by atoms with van der Waals surface area (Å²) in [6.07, 6.45) is 4.05. The number of hydrogen-bond acceptors (Lipinski definition) is 6. The van der Waals surface area contributed by atoms with Crippen molar-refractivity contribution in [1.29, 1.82) is 0 Å². The van der Waals surface area contributed by atoms with E-state index in [9.17, 15) is 5.11 Å². The third-order valence-electron chi connectivity index (χ3n) is 6.38. The molecule has 0 amide bonds. The number of aromatic nitrogens is 3. The van der Waals surface area contributed by atoms with Crippen molar-refractivity contribution in [2.75, 3.05) is 44.7 Å². The predicted octanol–water partition coefficient (Wildman–Crippen LogP) is 3.77. The maximum atomic E-state index is 10.8. The number of anilines is 1. The molecule has 1 aliphatic heterocycles. The zero-order valence-corrected chi connectivity index (χ0v) is 18.5. The first-order valence-electron chi connectivity index (χ1n) is 11.3. The molecule has 7 nitrogen and oxygen atoms in total. The highest BCUT2D eigenvalue weighted by Crippen LogP contribution is 2.31. The summed E-state index contributed by atoms with van der Waals surface area (Å²) in [6.45, 7) is 9.68. The summed E-state index contributed by atoms with van der Waals surface area (Å²) in [7, 11) is 0. The van der Waals surface area contributed by atoms with Crippen LogP contribution in [0.2, 0.25) is 0 Å². The molecule has 3 aromatic rings. The summed E-state index contributed by atoms with van der Waals surface area (Å²) < 4.78 is 5.41. The van der Waals surface area contributed by atoms with Crippen molar-refractivity contribution in [1.82, 2.24) is 19.9 Å². The first-order valence-corrected chi connectivity index (χ1v) is 11.3. The van der Waals surface area contributed by atoms with Gasteiger partial charge in [0.15, 0.2) is 0 Å². The molecule has 4 rings (SSSR count). The van der Waals surface area contributed by atoms with Gasteiger partial charge >= 0.3 is 0 Å². The Labute approximate surface area is 183 Å². The molecule has 0 aliphatic carbocycles. The zero-order chi connectivity index (χ0) is 21.7. The van der Waals surface area contributed by atoms with Crippen LogP contribution in [0.5, 0.6) is 0 Å². The highest BCUT2D eigenvalue weighted by Gasteiger charge is 2.24. The van der Waals surface area contributed by atoms with E-state index in [1.165, 1.54) is 0 Å². The average Bonchev–Trinajstić information content (AvgIpc) is 3.27. The molecule has 0 spiro atoms. The van der Waals surface area contributed by atoms with Crippen molar-refractivity contribution < 1.29 is 9.84 Å². The second-order valence-corrected chi connectivity index (χ2v) is 8.22. The molecule has 3 heterocycles. The molecular weight excluding hydrogens is 390 g/mol. The Kier molecular flexibility index (Phi) is 6.85. The van der Waals surface area contributed by atoms with E-state index in [1.54, 1.807) is 6.33 Å². The molecule has 0 atom stereocenters. The van der Waals surface area contributed by atoms with Crippen molar-refractivity contribution in [3.63, 3.8) is 0 Å². The average molecular weight is 424 g/mol. The SMILES string of the molecule is CCC(O)(CC)c1ccc(-c2cc3c(NCCCN4CCOCC4)ncnc3[nH]2)cc1. The Hall–Kier alpha value is -2.48. The molecule has 166 valence electrons. The van der Waals surface area contributed by atoms with Crippen LogP contribution < -0.4 is 5.32 Å². The Morgan fingerprint density at radius 2 is 1.87 bits per heavy atom. The standard InChI is InChI=1S/C24H33N5O2/c1-3-24(30,4-2)19-8-6-18(7-9-19)21-16-20-22(26-17-27-23(20)28-21)25-10-5-11-29-12-14-31-15-13-29/h6-9,16-17,30H,3-5,10-15H2,1-2H3,(H2,25,26,27,28). The number of morpholine rings is 1. The monoisotopic (exact) mass is 423 g/mol. The van der Waals surface area contributed by atoms with Gasteiger partial charge in [0.25, 0.3) is 0 Å². The largest absolute Gasteiger partial charge is 0.385 e. The maximum Gasteiger partial charge on any atom is 0.143 e. The lowest BCUT2D eigenvalue weighted by Gasteiger charge is -2.26. The number of H-pyrrole nitrogens is 1. The fraction of sp³-hybridized carbons (Fsp3) is 0.500. The van der Waals surface area contributed by atoms with Crippen LogP contribution in [-0.4, -0.2) is 64.4 Å². The van der Waals surface area contributed by atoms with Gasteiger partial charge in [0.05, 0.1) is 24.2 Å². The number of benzene rings is 1. The number of aromatic amines is 1. The van der Waals surface area contributed by atoms with Gasteiger partial charge in [0.1, 0.15) is 17.8 Å². The highest BCUT2D eigenvalue weighted by atomic mass is 16.5. The topological polar surface area (TPSA) is 86.3 Å². The number of ether oxygens (including phenoxy) is 1. The number of hydrogen-bond donors (Lipinski definition) is 3. The lowest BCUT2D eigenvalue weighted by molar-refractivity contribution is 0.0284. The third kappa shape index (κ3) is 4.89. The molecule has 3 N–H and O–H groups in total. The smallest absolute Gasteiger partial charge is 0.143 e. The van der Waals surface area contributed by atoms with Crippen LogP contribution in [0, 0.1) is 0 Å². The molecule has 7 heteroatoms. The summed E-state index contributed by atoms with van der Waals surface area (Å²) >= 11 is 0. The van der Waals surface area contributed by atoms with Gasteiger partial charge in [-0.1, -0.05) is 38.1 Å². The van der Waals surface area contributed by atoms with Crippen molar-refractivity contribution in [3.8, 4) is 11.3 Å². The van der Waals surface area contributed by atoms with E-state index in [1.807, 2.05) is 26.0 Å². The minimum Gasteiger partial charge on any atom is -0.385 e. The fourth-order valence-corrected chi connectivity index (χ4v) is 4.19. The van der Waals surface area contributed by atoms with E-state index in [2.05, 4.69) is 43.4 Å². The van der Waals surface area contributed by atoms with Crippen LogP contribution in [-0.2, 0) is 10.3 Å².